The highest BCUT2D eigenvalue weighted by Crippen LogP contribution is 2.30. The zero-order valence-corrected chi connectivity index (χ0v) is 16.5. The Bertz CT molecular complexity index is 745. The van der Waals surface area contributed by atoms with Crippen LogP contribution in [0.2, 0.25) is 0 Å². The molecule has 0 aromatic carbocycles. The first-order valence-electron chi connectivity index (χ1n) is 9.55. The fraction of sp³-hybridized carbons (Fsp3) is 0.867. The molecule has 4 saturated heterocycles. The number of ether oxygens (including phenoxy) is 1. The van der Waals surface area contributed by atoms with E-state index < -0.39 is 34.4 Å². The highest BCUT2D eigenvalue weighted by Gasteiger charge is 2.49. The van der Waals surface area contributed by atoms with Gasteiger partial charge in [0.15, 0.2) is 0 Å². The molecule has 0 aromatic heterocycles. The molecule has 4 aliphatic rings. The summed E-state index contributed by atoms with van der Waals surface area (Å²) in [6, 6.07) is -1.63. The third-order valence-corrected chi connectivity index (χ3v) is 6.10. The lowest BCUT2D eigenvalue weighted by atomic mass is 10.0. The number of hydrogen-bond donors (Lipinski definition) is 3. The highest BCUT2D eigenvalue weighted by molar-refractivity contribution is 7.80. The minimum Gasteiger partial charge on any atom is -0.365 e. The molecule has 0 unspecified atom stereocenters. The molecular formula is C15H25N5O8S. The van der Waals surface area contributed by atoms with Crippen LogP contribution in [0.1, 0.15) is 19.3 Å². The predicted molar refractivity (Wildman–Crippen MR) is 95.2 cm³/mol. The van der Waals surface area contributed by atoms with Crippen LogP contribution in [-0.2, 0) is 29.1 Å². The summed E-state index contributed by atoms with van der Waals surface area (Å²) in [5, 5.41) is 3.96. The average Bonchev–Trinajstić information content (AvgIpc) is 3.39. The van der Waals surface area contributed by atoms with E-state index in [-0.39, 0.29) is 19.2 Å². The molecule has 13 nitrogen and oxygen atoms in total. The maximum absolute atomic E-state index is 12.5. The number of rotatable bonds is 7. The number of carbonyl (C=O) groups is 2. The molecule has 4 atom stereocenters. The molecule has 0 aromatic rings. The van der Waals surface area contributed by atoms with Crippen molar-refractivity contribution in [2.24, 2.45) is 0 Å². The van der Waals surface area contributed by atoms with E-state index in [1.54, 1.807) is 0 Å². The van der Waals surface area contributed by atoms with Gasteiger partial charge in [0.1, 0.15) is 6.04 Å². The van der Waals surface area contributed by atoms with Gasteiger partial charge in [0.2, 0.25) is 0 Å². The van der Waals surface area contributed by atoms with E-state index >= 15 is 0 Å². The summed E-state index contributed by atoms with van der Waals surface area (Å²) < 4.78 is 40.4. The van der Waals surface area contributed by atoms with Crippen molar-refractivity contribution in [1.82, 2.24) is 25.7 Å². The van der Waals surface area contributed by atoms with Gasteiger partial charge in [-0.2, -0.15) is 13.5 Å². The van der Waals surface area contributed by atoms with Crippen LogP contribution in [-0.4, -0.2) is 104 Å². The van der Waals surface area contributed by atoms with Gasteiger partial charge in [-0.3, -0.25) is 19.1 Å². The topological polar surface area (TPSA) is 150 Å². The van der Waals surface area contributed by atoms with E-state index in [2.05, 4.69) is 20.0 Å². The van der Waals surface area contributed by atoms with Crippen LogP contribution in [0.4, 0.5) is 4.79 Å². The van der Waals surface area contributed by atoms with Crippen LogP contribution in [0.15, 0.2) is 0 Å². The summed E-state index contributed by atoms with van der Waals surface area (Å²) in [6.45, 7) is 3.57. The quantitative estimate of drug-likeness (QED) is 0.304. The minimum absolute atomic E-state index is 0.101. The molecule has 3 N–H and O–H groups in total. The SMILES string of the molecule is O=C(NOC[C@@H]1C[C@H](N2CCOC2)CN1)[C@@H]1CC[C@@H]2CN1C(=O)N2OS(=O)(=O)O. The molecule has 4 aliphatic heterocycles. The number of nitrogens with one attached hydrogen (secondary N) is 2. The Hall–Kier alpha value is -1.55. The second-order valence-electron chi connectivity index (χ2n) is 7.63. The van der Waals surface area contributed by atoms with E-state index in [1.165, 1.54) is 4.90 Å². The van der Waals surface area contributed by atoms with Crippen LogP contribution < -0.4 is 10.8 Å². The normalized spacial score (nSPS) is 32.9. The number of amides is 3. The third-order valence-electron chi connectivity index (χ3n) is 5.75. The second-order valence-corrected chi connectivity index (χ2v) is 8.64. The molecule has 4 rings (SSSR count). The first-order chi connectivity index (χ1) is 13.8. The monoisotopic (exact) mass is 435 g/mol. The first kappa shape index (κ1) is 20.7. The maximum atomic E-state index is 12.5. The molecule has 0 saturated carbocycles. The summed E-state index contributed by atoms with van der Waals surface area (Å²) in [5.41, 5.74) is 2.39. The van der Waals surface area contributed by atoms with Gasteiger partial charge in [0.25, 0.3) is 5.91 Å². The van der Waals surface area contributed by atoms with Crippen molar-refractivity contribution in [3.8, 4) is 0 Å². The number of hydrogen-bond acceptors (Lipinski definition) is 9. The van der Waals surface area contributed by atoms with Gasteiger partial charge in [-0.1, -0.05) is 0 Å². The molecule has 14 heteroatoms. The van der Waals surface area contributed by atoms with Gasteiger partial charge in [-0.25, -0.2) is 10.3 Å². The summed E-state index contributed by atoms with van der Waals surface area (Å²) in [7, 11) is -4.82. The van der Waals surface area contributed by atoms with Crippen molar-refractivity contribution in [2.75, 3.05) is 39.6 Å². The molecule has 4 heterocycles. The van der Waals surface area contributed by atoms with E-state index in [0.717, 1.165) is 26.1 Å². The van der Waals surface area contributed by atoms with Crippen LogP contribution in [0.5, 0.6) is 0 Å². The van der Waals surface area contributed by atoms with Gasteiger partial charge < -0.3 is 15.0 Å². The fourth-order valence-electron chi connectivity index (χ4n) is 4.30. The van der Waals surface area contributed by atoms with E-state index in [9.17, 15) is 18.0 Å². The largest absolute Gasteiger partial charge is 0.418 e. The van der Waals surface area contributed by atoms with Crippen molar-refractivity contribution in [3.05, 3.63) is 0 Å². The standard InChI is InChI=1S/C15H25N5O8S/c21-14(17-27-8-10-5-12(6-16-10)18-3-4-26-9-18)13-2-1-11-7-19(13)15(22)20(11)28-29(23,24)25/h10-13,16H,1-9H2,(H,17,21)(H,23,24,25)/t10-,11+,12-,13-/m0/s1. The Kier molecular flexibility index (Phi) is 5.92. The number of carbonyl (C=O) groups excluding carboxylic acids is 2. The Morgan fingerprint density at radius 3 is 2.90 bits per heavy atom. The number of hydroxylamine groups is 3. The van der Waals surface area contributed by atoms with Gasteiger partial charge in [0.05, 0.1) is 26.0 Å². The number of fused-ring (bicyclic) bond motifs is 2. The first-order valence-corrected chi connectivity index (χ1v) is 10.9. The third kappa shape index (κ3) is 4.63. The Labute approximate surface area is 168 Å². The van der Waals surface area contributed by atoms with Crippen LogP contribution in [0, 0.1) is 0 Å². The molecular weight excluding hydrogens is 410 g/mol. The van der Waals surface area contributed by atoms with Crippen LogP contribution in [0.25, 0.3) is 0 Å². The zero-order valence-electron chi connectivity index (χ0n) is 15.7. The van der Waals surface area contributed by atoms with Crippen LogP contribution >= 0.6 is 0 Å². The minimum atomic E-state index is -4.82. The molecule has 164 valence electrons. The molecule has 2 bridgehead atoms. The van der Waals surface area contributed by atoms with Crippen molar-refractivity contribution in [3.63, 3.8) is 0 Å². The van der Waals surface area contributed by atoms with Crippen molar-refractivity contribution in [2.45, 2.75) is 43.4 Å². The predicted octanol–water partition coefficient (Wildman–Crippen LogP) is -1.94. The Morgan fingerprint density at radius 1 is 1.34 bits per heavy atom. The lowest BCUT2D eigenvalue weighted by Crippen LogP contribution is -2.50. The summed E-state index contributed by atoms with van der Waals surface area (Å²) >= 11 is 0. The summed E-state index contributed by atoms with van der Waals surface area (Å²) in [5.74, 6) is -0.479. The molecule has 29 heavy (non-hydrogen) atoms. The Morgan fingerprint density at radius 2 is 2.17 bits per heavy atom. The summed E-state index contributed by atoms with van der Waals surface area (Å²) in [4.78, 5) is 33.6. The molecule has 0 aliphatic carbocycles. The lowest BCUT2D eigenvalue weighted by Gasteiger charge is -2.29. The van der Waals surface area contributed by atoms with Crippen molar-refractivity contribution < 1.29 is 36.4 Å². The molecule has 4 fully saturated rings. The molecule has 3 amide bonds. The van der Waals surface area contributed by atoms with Crippen molar-refractivity contribution in [1.29, 1.82) is 0 Å². The highest BCUT2D eigenvalue weighted by atomic mass is 32.3. The van der Waals surface area contributed by atoms with Gasteiger partial charge in [0, 0.05) is 31.7 Å². The number of urea groups is 1. The average molecular weight is 435 g/mol. The number of nitrogens with zero attached hydrogens (tertiary/aromatic N) is 3. The van der Waals surface area contributed by atoms with Gasteiger partial charge >= 0.3 is 16.4 Å². The number of piperidine rings is 1. The summed E-state index contributed by atoms with van der Waals surface area (Å²) in [6.07, 6.45) is 1.58. The smallest absolute Gasteiger partial charge is 0.365 e. The lowest BCUT2D eigenvalue weighted by molar-refractivity contribution is -0.139. The van der Waals surface area contributed by atoms with Crippen molar-refractivity contribution >= 4 is 22.3 Å². The van der Waals surface area contributed by atoms with E-state index in [0.29, 0.717) is 30.7 Å². The Balaban J connectivity index is 1.23. The van der Waals surface area contributed by atoms with E-state index in [1.807, 2.05) is 0 Å². The molecule has 0 radical (unpaired) electrons. The van der Waals surface area contributed by atoms with Gasteiger partial charge in [-0.15, -0.1) is 4.28 Å². The maximum Gasteiger partial charge on any atom is 0.418 e. The van der Waals surface area contributed by atoms with Gasteiger partial charge in [-0.05, 0) is 19.3 Å². The second kappa shape index (κ2) is 8.29. The fourth-order valence-corrected chi connectivity index (χ4v) is 4.69. The zero-order chi connectivity index (χ0) is 20.6. The molecule has 0 spiro atoms. The van der Waals surface area contributed by atoms with E-state index in [4.69, 9.17) is 14.1 Å². The van der Waals surface area contributed by atoms with Crippen LogP contribution in [0.3, 0.4) is 0 Å².